The molecule has 0 fully saturated rings. The molecule has 2 N–H and O–H groups in total. The minimum absolute atomic E-state index is 0.143. The van der Waals surface area contributed by atoms with Crippen LogP contribution in [0.5, 0.6) is 0 Å². The Labute approximate surface area is 128 Å². The van der Waals surface area contributed by atoms with Gasteiger partial charge in [-0.3, -0.25) is 0 Å². The molecular formula is C14H22N4O2S. The summed E-state index contributed by atoms with van der Waals surface area (Å²) < 4.78 is 10.5. The zero-order valence-corrected chi connectivity index (χ0v) is 13.7. The Morgan fingerprint density at radius 3 is 2.86 bits per heavy atom. The highest BCUT2D eigenvalue weighted by Crippen LogP contribution is 2.28. The van der Waals surface area contributed by atoms with Gasteiger partial charge < -0.3 is 19.8 Å². The first kappa shape index (κ1) is 15.9. The minimum atomic E-state index is 0.143. The number of thiophene rings is 1. The van der Waals surface area contributed by atoms with Crippen LogP contribution in [0.15, 0.2) is 10.5 Å². The third-order valence-electron chi connectivity index (χ3n) is 3.11. The fourth-order valence-corrected chi connectivity index (χ4v) is 3.12. The van der Waals surface area contributed by atoms with Gasteiger partial charge in [0.25, 0.3) is 0 Å². The first-order valence-electron chi connectivity index (χ1n) is 6.95. The van der Waals surface area contributed by atoms with E-state index in [9.17, 15) is 0 Å². The van der Waals surface area contributed by atoms with E-state index in [-0.39, 0.29) is 6.04 Å². The van der Waals surface area contributed by atoms with Gasteiger partial charge in [-0.2, -0.15) is 0 Å². The van der Waals surface area contributed by atoms with Crippen LogP contribution < -0.4 is 10.6 Å². The molecule has 6 nitrogen and oxygen atoms in total. The second-order valence-electron chi connectivity index (χ2n) is 4.91. The molecule has 2 heterocycles. The van der Waals surface area contributed by atoms with Gasteiger partial charge in [-0.25, -0.2) is 0 Å². The van der Waals surface area contributed by atoms with Crippen LogP contribution in [-0.4, -0.2) is 30.5 Å². The molecule has 0 aliphatic heterocycles. The standard InChI is InChI=1S/C14H22N4O2S/c1-9-7-12(11(3)21-9)10(2)16-14-18-17-13(20-14)8-15-5-6-19-4/h7,10,15H,5-6,8H2,1-4H3,(H,16,18). The number of rotatable bonds is 8. The van der Waals surface area contributed by atoms with Crippen molar-refractivity contribution < 1.29 is 9.15 Å². The van der Waals surface area contributed by atoms with Crippen molar-refractivity contribution in [2.24, 2.45) is 0 Å². The minimum Gasteiger partial charge on any atom is -0.407 e. The smallest absolute Gasteiger partial charge is 0.315 e. The molecule has 21 heavy (non-hydrogen) atoms. The van der Waals surface area contributed by atoms with Crippen LogP contribution in [0.25, 0.3) is 0 Å². The third kappa shape index (κ3) is 4.52. The molecular weight excluding hydrogens is 288 g/mol. The van der Waals surface area contributed by atoms with E-state index in [4.69, 9.17) is 9.15 Å². The second kappa shape index (κ2) is 7.53. The Hall–Kier alpha value is -1.44. The number of nitrogens with one attached hydrogen (secondary N) is 2. The molecule has 7 heteroatoms. The molecule has 2 rings (SSSR count). The Morgan fingerprint density at radius 1 is 1.38 bits per heavy atom. The zero-order valence-electron chi connectivity index (χ0n) is 12.9. The highest BCUT2D eigenvalue weighted by atomic mass is 32.1. The van der Waals surface area contributed by atoms with E-state index in [2.05, 4.69) is 47.7 Å². The first-order chi connectivity index (χ1) is 10.1. The van der Waals surface area contributed by atoms with E-state index in [0.717, 1.165) is 6.54 Å². The lowest BCUT2D eigenvalue weighted by Gasteiger charge is -2.11. The molecule has 116 valence electrons. The molecule has 0 aliphatic rings. The quantitative estimate of drug-likeness (QED) is 0.730. The number of anilines is 1. The number of methoxy groups -OCH3 is 1. The molecule has 2 aromatic rings. The summed E-state index contributed by atoms with van der Waals surface area (Å²) in [5.41, 5.74) is 1.27. The number of nitrogens with zero attached hydrogens (tertiary/aromatic N) is 2. The predicted molar refractivity (Wildman–Crippen MR) is 83.7 cm³/mol. The maximum atomic E-state index is 5.57. The molecule has 0 saturated heterocycles. The van der Waals surface area contributed by atoms with Crippen molar-refractivity contribution in [1.82, 2.24) is 15.5 Å². The second-order valence-corrected chi connectivity index (χ2v) is 6.37. The van der Waals surface area contributed by atoms with E-state index in [1.54, 1.807) is 18.4 Å². The van der Waals surface area contributed by atoms with E-state index in [1.165, 1.54) is 15.3 Å². The summed E-state index contributed by atoms with van der Waals surface area (Å²) in [6.07, 6.45) is 0. The van der Waals surface area contributed by atoms with Gasteiger partial charge in [0.15, 0.2) is 0 Å². The highest BCUT2D eigenvalue weighted by molar-refractivity contribution is 7.12. The van der Waals surface area contributed by atoms with Crippen molar-refractivity contribution in [2.45, 2.75) is 33.4 Å². The van der Waals surface area contributed by atoms with Gasteiger partial charge in [-0.15, -0.1) is 16.4 Å². The van der Waals surface area contributed by atoms with E-state index in [1.807, 2.05) is 0 Å². The zero-order chi connectivity index (χ0) is 15.2. The molecule has 0 amide bonds. The normalized spacial score (nSPS) is 12.6. The summed E-state index contributed by atoms with van der Waals surface area (Å²) in [6, 6.07) is 2.79. The average molecular weight is 310 g/mol. The predicted octanol–water partition coefficient (Wildman–Crippen LogP) is 2.66. The SMILES string of the molecule is COCCNCc1nnc(NC(C)c2cc(C)sc2C)o1. The number of ether oxygens (including phenoxy) is 1. The Morgan fingerprint density at radius 2 is 2.19 bits per heavy atom. The molecule has 0 saturated carbocycles. The molecule has 0 spiro atoms. The van der Waals surface area contributed by atoms with Gasteiger partial charge in [0.2, 0.25) is 5.89 Å². The summed E-state index contributed by atoms with van der Waals surface area (Å²) in [5.74, 6) is 0.569. The van der Waals surface area contributed by atoms with Crippen molar-refractivity contribution in [3.05, 3.63) is 27.3 Å². The average Bonchev–Trinajstić information content (AvgIpc) is 3.01. The van der Waals surface area contributed by atoms with Crippen molar-refractivity contribution in [2.75, 3.05) is 25.6 Å². The maximum absolute atomic E-state index is 5.57. The Balaban J connectivity index is 1.88. The van der Waals surface area contributed by atoms with Gasteiger partial charge in [0.05, 0.1) is 19.2 Å². The monoisotopic (exact) mass is 310 g/mol. The van der Waals surface area contributed by atoms with Gasteiger partial charge in [-0.05, 0) is 32.4 Å². The summed E-state index contributed by atoms with van der Waals surface area (Å²) >= 11 is 1.80. The number of aromatic nitrogens is 2. The summed E-state index contributed by atoms with van der Waals surface area (Å²) in [6.45, 7) is 8.30. The highest BCUT2D eigenvalue weighted by Gasteiger charge is 2.14. The molecule has 2 aromatic heterocycles. The lowest BCUT2D eigenvalue weighted by Crippen LogP contribution is -2.18. The summed E-state index contributed by atoms with van der Waals surface area (Å²) in [4.78, 5) is 2.62. The molecule has 0 bridgehead atoms. The van der Waals surface area contributed by atoms with Crippen molar-refractivity contribution in [3.8, 4) is 0 Å². The summed E-state index contributed by atoms with van der Waals surface area (Å²) in [5, 5.41) is 14.4. The molecule has 0 aliphatic carbocycles. The number of aryl methyl sites for hydroxylation is 2. The van der Waals surface area contributed by atoms with Crippen LogP contribution in [0.4, 0.5) is 6.01 Å². The van der Waals surface area contributed by atoms with Crippen molar-refractivity contribution >= 4 is 17.4 Å². The Bertz CT molecular complexity index is 567. The van der Waals surface area contributed by atoms with Crippen LogP contribution in [0.3, 0.4) is 0 Å². The largest absolute Gasteiger partial charge is 0.407 e. The van der Waals surface area contributed by atoms with E-state index >= 15 is 0 Å². The topological polar surface area (TPSA) is 72.2 Å². The molecule has 0 aromatic carbocycles. The van der Waals surface area contributed by atoms with Crippen LogP contribution in [-0.2, 0) is 11.3 Å². The van der Waals surface area contributed by atoms with Crippen LogP contribution in [0.2, 0.25) is 0 Å². The lowest BCUT2D eigenvalue weighted by atomic mass is 10.1. The van der Waals surface area contributed by atoms with E-state index < -0.39 is 0 Å². The Kier molecular flexibility index (Phi) is 5.72. The number of hydrogen-bond donors (Lipinski definition) is 2. The fraction of sp³-hybridized carbons (Fsp3) is 0.571. The molecule has 1 unspecified atom stereocenters. The van der Waals surface area contributed by atoms with Crippen molar-refractivity contribution in [1.29, 1.82) is 0 Å². The van der Waals surface area contributed by atoms with Crippen LogP contribution >= 0.6 is 11.3 Å². The summed E-state index contributed by atoms with van der Waals surface area (Å²) in [7, 11) is 1.67. The van der Waals surface area contributed by atoms with Gasteiger partial charge in [0.1, 0.15) is 0 Å². The van der Waals surface area contributed by atoms with Gasteiger partial charge in [0, 0.05) is 23.4 Å². The fourth-order valence-electron chi connectivity index (χ4n) is 2.10. The van der Waals surface area contributed by atoms with E-state index in [0.29, 0.717) is 25.1 Å². The van der Waals surface area contributed by atoms with Crippen LogP contribution in [0, 0.1) is 13.8 Å². The molecule has 0 radical (unpaired) electrons. The van der Waals surface area contributed by atoms with Crippen LogP contribution in [0.1, 0.15) is 34.2 Å². The third-order valence-corrected chi connectivity index (χ3v) is 4.09. The van der Waals surface area contributed by atoms with Gasteiger partial charge in [-0.1, -0.05) is 5.10 Å². The maximum Gasteiger partial charge on any atom is 0.315 e. The number of hydrogen-bond acceptors (Lipinski definition) is 7. The van der Waals surface area contributed by atoms with Crippen molar-refractivity contribution in [3.63, 3.8) is 0 Å². The lowest BCUT2D eigenvalue weighted by molar-refractivity contribution is 0.198. The first-order valence-corrected chi connectivity index (χ1v) is 7.77. The molecule has 1 atom stereocenters. The van der Waals surface area contributed by atoms with Gasteiger partial charge >= 0.3 is 6.01 Å².